The Labute approximate surface area is 95.0 Å². The maximum atomic E-state index is 4.56. The molecule has 0 unspecified atom stereocenters. The van der Waals surface area contributed by atoms with Crippen molar-refractivity contribution in [1.82, 2.24) is 4.98 Å². The second-order valence-corrected chi connectivity index (χ2v) is 12.0. The minimum absolute atomic E-state index is 0.164. The van der Waals surface area contributed by atoms with E-state index in [2.05, 4.69) is 63.7 Å². The molecule has 1 aromatic rings. The van der Waals surface area contributed by atoms with Crippen LogP contribution in [0.15, 0.2) is 18.3 Å². The van der Waals surface area contributed by atoms with Crippen molar-refractivity contribution < 1.29 is 0 Å². The zero-order valence-electron chi connectivity index (χ0n) is 10.9. The van der Waals surface area contributed by atoms with Gasteiger partial charge in [0.1, 0.15) is 0 Å². The van der Waals surface area contributed by atoms with E-state index in [0.717, 1.165) is 0 Å². The molecular weight excluding hydrogens is 198 g/mol. The van der Waals surface area contributed by atoms with Crippen molar-refractivity contribution in [3.8, 4) is 0 Å². The lowest BCUT2D eigenvalue weighted by atomic mass is 9.91. The van der Waals surface area contributed by atoms with Crippen LogP contribution in [0.5, 0.6) is 0 Å². The molecule has 2 heteroatoms. The molecule has 0 aliphatic carbocycles. The van der Waals surface area contributed by atoms with Crippen molar-refractivity contribution >= 4 is 8.07 Å². The Balaban J connectivity index is 2.82. The van der Waals surface area contributed by atoms with Gasteiger partial charge >= 0.3 is 0 Å². The van der Waals surface area contributed by atoms with E-state index in [1.807, 2.05) is 0 Å². The molecule has 0 aliphatic heterocycles. The fraction of sp³-hybridized carbons (Fsp3) is 0.615. The zero-order chi connectivity index (χ0) is 11.7. The third-order valence-electron chi connectivity index (χ3n) is 2.33. The molecule has 0 aromatic carbocycles. The van der Waals surface area contributed by atoms with Gasteiger partial charge in [0, 0.05) is 25.4 Å². The van der Waals surface area contributed by atoms with Crippen LogP contribution in [0, 0.1) is 0 Å². The quantitative estimate of drug-likeness (QED) is 0.692. The number of pyridine rings is 1. The number of hydrogen-bond donors (Lipinski definition) is 0. The van der Waals surface area contributed by atoms with Gasteiger partial charge in [0.05, 0.1) is 0 Å². The molecule has 0 saturated heterocycles. The average molecular weight is 221 g/mol. The highest BCUT2D eigenvalue weighted by atomic mass is 28.3. The predicted molar refractivity (Wildman–Crippen MR) is 70.0 cm³/mol. The second kappa shape index (κ2) is 4.09. The van der Waals surface area contributed by atoms with Crippen molar-refractivity contribution in [2.24, 2.45) is 0 Å². The molecule has 0 saturated carbocycles. The highest BCUT2D eigenvalue weighted by Gasteiger charge is 2.17. The Kier molecular flexibility index (Phi) is 3.39. The van der Waals surface area contributed by atoms with Crippen LogP contribution in [-0.2, 0) is 11.5 Å². The molecule has 0 spiro atoms. The molecule has 84 valence electrons. The maximum Gasteiger partial charge on any atom is 0.0487 e. The molecule has 0 atom stereocenters. The van der Waals surface area contributed by atoms with Crippen LogP contribution in [0.25, 0.3) is 0 Å². The summed E-state index contributed by atoms with van der Waals surface area (Å²) in [5.74, 6) is 0. The molecule has 0 aliphatic rings. The third-order valence-corrected chi connectivity index (χ3v) is 3.80. The monoisotopic (exact) mass is 221 g/mol. The topological polar surface area (TPSA) is 12.9 Å². The Morgan fingerprint density at radius 2 is 1.73 bits per heavy atom. The van der Waals surface area contributed by atoms with Crippen LogP contribution in [0.2, 0.25) is 19.6 Å². The summed E-state index contributed by atoms with van der Waals surface area (Å²) in [6, 6.07) is 5.64. The van der Waals surface area contributed by atoms with Gasteiger partial charge in [-0.25, -0.2) is 0 Å². The van der Waals surface area contributed by atoms with Crippen LogP contribution in [-0.4, -0.2) is 13.1 Å². The lowest BCUT2D eigenvalue weighted by molar-refractivity contribution is 0.568. The van der Waals surface area contributed by atoms with Crippen molar-refractivity contribution in [1.29, 1.82) is 0 Å². The molecule has 0 bridgehead atoms. The molecule has 1 heterocycles. The SMILES string of the molecule is CC(C)(C)c1ccc(C[Si](C)(C)C)cn1. The van der Waals surface area contributed by atoms with Gasteiger partial charge in [0.2, 0.25) is 0 Å². The molecule has 0 fully saturated rings. The average Bonchev–Trinajstić information content (AvgIpc) is 2.00. The third kappa shape index (κ3) is 4.16. The zero-order valence-corrected chi connectivity index (χ0v) is 11.9. The Bertz CT molecular complexity index is 314. The number of rotatable bonds is 2. The lowest BCUT2D eigenvalue weighted by Gasteiger charge is -2.19. The van der Waals surface area contributed by atoms with E-state index in [1.165, 1.54) is 17.3 Å². The van der Waals surface area contributed by atoms with Crippen molar-refractivity contribution in [3.05, 3.63) is 29.6 Å². The van der Waals surface area contributed by atoms with E-state index >= 15 is 0 Å². The van der Waals surface area contributed by atoms with Gasteiger partial charge in [-0.15, -0.1) is 0 Å². The molecule has 0 amide bonds. The molecule has 1 aromatic heterocycles. The summed E-state index contributed by atoms with van der Waals surface area (Å²) in [5.41, 5.74) is 2.74. The number of nitrogens with zero attached hydrogens (tertiary/aromatic N) is 1. The first-order valence-corrected chi connectivity index (χ1v) is 9.35. The van der Waals surface area contributed by atoms with Crippen molar-refractivity contribution in [3.63, 3.8) is 0 Å². The first-order chi connectivity index (χ1) is 6.68. The highest BCUT2D eigenvalue weighted by molar-refractivity contribution is 6.75. The smallest absolute Gasteiger partial charge is 0.0487 e. The Hall–Kier alpha value is -0.633. The summed E-state index contributed by atoms with van der Waals surface area (Å²) in [6.07, 6.45) is 2.05. The van der Waals surface area contributed by atoms with Crippen LogP contribution in [0.3, 0.4) is 0 Å². The predicted octanol–water partition coefficient (Wildman–Crippen LogP) is 3.80. The standard InChI is InChI=1S/C13H23NSi/c1-13(2,3)12-8-7-11(9-14-12)10-15(4,5)6/h7-9H,10H2,1-6H3. The highest BCUT2D eigenvalue weighted by Crippen LogP contribution is 2.20. The molecule has 15 heavy (non-hydrogen) atoms. The fourth-order valence-electron chi connectivity index (χ4n) is 1.59. The Morgan fingerprint density at radius 3 is 2.07 bits per heavy atom. The number of hydrogen-bond acceptors (Lipinski definition) is 1. The van der Waals surface area contributed by atoms with Crippen LogP contribution in [0.1, 0.15) is 32.0 Å². The normalized spacial score (nSPS) is 12.9. The van der Waals surface area contributed by atoms with E-state index in [0.29, 0.717) is 0 Å². The van der Waals surface area contributed by atoms with Crippen LogP contribution in [0.4, 0.5) is 0 Å². The largest absolute Gasteiger partial charge is 0.260 e. The van der Waals surface area contributed by atoms with E-state index < -0.39 is 8.07 Å². The van der Waals surface area contributed by atoms with Gasteiger partial charge in [-0.3, -0.25) is 4.98 Å². The summed E-state index contributed by atoms with van der Waals surface area (Å²) < 4.78 is 0. The number of aromatic nitrogens is 1. The Morgan fingerprint density at radius 1 is 1.13 bits per heavy atom. The second-order valence-electron chi connectivity index (χ2n) is 6.54. The van der Waals surface area contributed by atoms with Crippen LogP contribution >= 0.6 is 0 Å². The van der Waals surface area contributed by atoms with Crippen LogP contribution < -0.4 is 0 Å². The molecule has 1 nitrogen and oxygen atoms in total. The van der Waals surface area contributed by atoms with Gasteiger partial charge in [0.15, 0.2) is 0 Å². The minimum Gasteiger partial charge on any atom is -0.260 e. The molecule has 0 radical (unpaired) electrons. The van der Waals surface area contributed by atoms with Crippen molar-refractivity contribution in [2.45, 2.75) is 51.9 Å². The summed E-state index contributed by atoms with van der Waals surface area (Å²) in [7, 11) is -1.00. The summed E-state index contributed by atoms with van der Waals surface area (Å²) >= 11 is 0. The lowest BCUT2D eigenvalue weighted by Crippen LogP contribution is -2.24. The summed E-state index contributed by atoms with van der Waals surface area (Å²) in [4.78, 5) is 4.56. The van der Waals surface area contributed by atoms with Gasteiger partial charge in [0.25, 0.3) is 0 Å². The molecule has 1 rings (SSSR count). The molecular formula is C13H23NSi. The summed E-state index contributed by atoms with van der Waals surface area (Å²) in [5, 5.41) is 0. The summed E-state index contributed by atoms with van der Waals surface area (Å²) in [6.45, 7) is 13.8. The van der Waals surface area contributed by atoms with Gasteiger partial charge in [-0.2, -0.15) is 0 Å². The van der Waals surface area contributed by atoms with E-state index in [-0.39, 0.29) is 5.41 Å². The first kappa shape index (κ1) is 12.4. The fourth-order valence-corrected chi connectivity index (χ4v) is 3.02. The van der Waals surface area contributed by atoms with E-state index in [9.17, 15) is 0 Å². The van der Waals surface area contributed by atoms with E-state index in [4.69, 9.17) is 0 Å². The maximum absolute atomic E-state index is 4.56. The van der Waals surface area contributed by atoms with Gasteiger partial charge < -0.3 is 0 Å². The first-order valence-electron chi connectivity index (χ1n) is 5.64. The molecule has 0 N–H and O–H groups in total. The van der Waals surface area contributed by atoms with Crippen molar-refractivity contribution in [2.75, 3.05) is 0 Å². The minimum atomic E-state index is -1.00. The van der Waals surface area contributed by atoms with Gasteiger partial charge in [-0.05, 0) is 17.7 Å². The van der Waals surface area contributed by atoms with E-state index in [1.54, 1.807) is 0 Å². The van der Waals surface area contributed by atoms with Gasteiger partial charge in [-0.1, -0.05) is 46.5 Å².